The Bertz CT molecular complexity index is 1020. The van der Waals surface area contributed by atoms with E-state index in [2.05, 4.69) is 16.9 Å². The van der Waals surface area contributed by atoms with Crippen molar-refractivity contribution in [1.82, 2.24) is 15.0 Å². The van der Waals surface area contributed by atoms with Crippen molar-refractivity contribution in [2.75, 3.05) is 13.2 Å². The van der Waals surface area contributed by atoms with Crippen LogP contribution in [0.15, 0.2) is 43.4 Å². The van der Waals surface area contributed by atoms with Crippen LogP contribution in [0, 0.1) is 0 Å². The summed E-state index contributed by atoms with van der Waals surface area (Å²) < 4.78 is 30.6. The monoisotopic (exact) mass is 484 g/mol. The summed E-state index contributed by atoms with van der Waals surface area (Å²) in [6.45, 7) is 3.59. The number of phosphoric acid groups is 1. The van der Waals surface area contributed by atoms with Crippen LogP contribution in [0.25, 0.3) is 0 Å². The predicted molar refractivity (Wildman–Crippen MR) is 111 cm³/mol. The number of carbonyl (C=O) groups excluding carboxylic acids is 1. The Morgan fingerprint density at radius 3 is 2.91 bits per heavy atom. The minimum absolute atomic E-state index is 0.150. The fourth-order valence-electron chi connectivity index (χ4n) is 3.17. The summed E-state index contributed by atoms with van der Waals surface area (Å²) in [7, 11) is -4.46. The van der Waals surface area contributed by atoms with Gasteiger partial charge in [0.05, 0.1) is 18.9 Å². The van der Waals surface area contributed by atoms with Gasteiger partial charge in [-0.05, 0) is 12.5 Å². The van der Waals surface area contributed by atoms with E-state index in [9.17, 15) is 24.5 Å². The molecule has 0 saturated carbocycles. The third kappa shape index (κ3) is 6.74. The molecular weight excluding hydrogens is 457 g/mol. The molecule has 1 saturated heterocycles. The lowest BCUT2D eigenvalue weighted by Gasteiger charge is -2.16. The van der Waals surface area contributed by atoms with Gasteiger partial charge < -0.3 is 25.6 Å². The first-order valence-electron chi connectivity index (χ1n) is 10.1. The zero-order valence-electron chi connectivity index (χ0n) is 17.7. The lowest BCUT2D eigenvalue weighted by Crippen LogP contribution is -2.46. The number of hydrogen-bond acceptors (Lipinski definition) is 9. The fraction of sp³-hybridized carbons (Fsp3) is 0.474. The lowest BCUT2D eigenvalue weighted by molar-refractivity contribution is -0.765. The molecule has 1 unspecified atom stereocenters. The number of pyridine rings is 1. The van der Waals surface area contributed by atoms with E-state index < -0.39 is 44.9 Å². The van der Waals surface area contributed by atoms with E-state index in [0.29, 0.717) is 12.2 Å². The Hall–Kier alpha value is -2.51. The molecule has 33 heavy (non-hydrogen) atoms. The van der Waals surface area contributed by atoms with E-state index >= 15 is 0 Å². The zero-order chi connectivity index (χ0) is 24.0. The van der Waals surface area contributed by atoms with Gasteiger partial charge in [0.2, 0.25) is 0 Å². The Balaban J connectivity index is 1.49. The largest absolute Gasteiger partial charge is 0.472 e. The molecule has 5 N–H and O–H groups in total. The number of rotatable bonds is 12. The van der Waals surface area contributed by atoms with Crippen LogP contribution >= 0.6 is 7.82 Å². The van der Waals surface area contributed by atoms with Crippen LogP contribution in [0.5, 0.6) is 0 Å². The average Bonchev–Trinajstić information content (AvgIpc) is 3.35. The van der Waals surface area contributed by atoms with E-state index in [0.717, 1.165) is 6.42 Å². The zero-order valence-corrected chi connectivity index (χ0v) is 18.6. The van der Waals surface area contributed by atoms with Crippen molar-refractivity contribution < 1.29 is 42.8 Å². The standard InChI is InChI=1S/C19H26N5O8P/c1-2-3-8-24-11-14(21-22-24)6-9-30-33(28,29)31-12-15-16(25)17(26)19(32-15)23-7-4-5-13(10-23)18(20)27/h2,4-5,7,10-11,15-17,19,25-26H,1,3,6,8-9,12H2,(H2-,20,27,28,29)/p+1/t15-,16-,17-,19-/m1/s1. The highest BCUT2D eigenvalue weighted by Crippen LogP contribution is 2.44. The molecule has 1 aliphatic heterocycles. The number of hydrogen-bond donors (Lipinski definition) is 4. The van der Waals surface area contributed by atoms with Crippen LogP contribution in [0.3, 0.4) is 0 Å². The quantitative estimate of drug-likeness (QED) is 0.170. The minimum Gasteiger partial charge on any atom is -0.387 e. The Morgan fingerprint density at radius 1 is 1.39 bits per heavy atom. The molecule has 0 bridgehead atoms. The maximum Gasteiger partial charge on any atom is 0.472 e. The van der Waals surface area contributed by atoms with Crippen LogP contribution in [0.1, 0.15) is 28.7 Å². The molecule has 0 radical (unpaired) electrons. The molecule has 2 aromatic heterocycles. The summed E-state index contributed by atoms with van der Waals surface area (Å²) in [6.07, 6.45) is 2.33. The van der Waals surface area contributed by atoms with E-state index in [-0.39, 0.29) is 18.6 Å². The van der Waals surface area contributed by atoms with Gasteiger partial charge in [-0.3, -0.25) is 18.5 Å². The van der Waals surface area contributed by atoms with Gasteiger partial charge >= 0.3 is 7.82 Å². The molecule has 1 aliphatic rings. The van der Waals surface area contributed by atoms with E-state index in [4.69, 9.17) is 19.5 Å². The third-order valence-corrected chi connectivity index (χ3v) is 5.88. The summed E-state index contributed by atoms with van der Waals surface area (Å²) in [5, 5.41) is 28.4. The predicted octanol–water partition coefficient (Wildman–Crippen LogP) is -0.764. The van der Waals surface area contributed by atoms with Gasteiger partial charge in [-0.1, -0.05) is 11.3 Å². The SMILES string of the molecule is C=CCCn1cc(CCOP(=O)(O)OC[C@H]2O[C@@H]([n+]3cccc(C(N)=O)c3)[C@H](O)[C@@H]2O)nn1. The molecule has 0 spiro atoms. The second-order valence-electron chi connectivity index (χ2n) is 7.35. The second kappa shape index (κ2) is 11.1. The van der Waals surface area contributed by atoms with Crippen molar-refractivity contribution in [2.45, 2.75) is 43.9 Å². The number of nitrogens with zero attached hydrogens (tertiary/aromatic N) is 4. The van der Waals surface area contributed by atoms with Gasteiger partial charge in [0.1, 0.15) is 17.8 Å². The molecule has 0 aliphatic carbocycles. The van der Waals surface area contributed by atoms with Crippen LogP contribution in [0.2, 0.25) is 0 Å². The average molecular weight is 484 g/mol. The van der Waals surface area contributed by atoms with Crippen molar-refractivity contribution in [2.24, 2.45) is 5.73 Å². The van der Waals surface area contributed by atoms with Gasteiger partial charge in [0.15, 0.2) is 18.5 Å². The maximum atomic E-state index is 12.2. The van der Waals surface area contributed by atoms with E-state index in [1.54, 1.807) is 17.0 Å². The molecule has 180 valence electrons. The maximum absolute atomic E-state index is 12.2. The number of ether oxygens (including phenoxy) is 1. The van der Waals surface area contributed by atoms with Gasteiger partial charge in [-0.15, -0.1) is 11.7 Å². The van der Waals surface area contributed by atoms with Crippen molar-refractivity contribution in [1.29, 1.82) is 0 Å². The van der Waals surface area contributed by atoms with E-state index in [1.807, 2.05) is 0 Å². The van der Waals surface area contributed by atoms with Crippen molar-refractivity contribution in [3.63, 3.8) is 0 Å². The number of phosphoric ester groups is 1. The number of amides is 1. The van der Waals surface area contributed by atoms with Gasteiger partial charge in [-0.25, -0.2) is 4.57 Å². The summed E-state index contributed by atoms with van der Waals surface area (Å²) in [4.78, 5) is 21.3. The number of aliphatic hydroxyl groups is 2. The molecule has 0 aromatic carbocycles. The topological polar surface area (TPSA) is 183 Å². The highest BCUT2D eigenvalue weighted by atomic mass is 31.2. The Kier molecular flexibility index (Phi) is 8.43. The summed E-state index contributed by atoms with van der Waals surface area (Å²) >= 11 is 0. The number of allylic oxidation sites excluding steroid dienone is 1. The van der Waals surface area contributed by atoms with Crippen molar-refractivity contribution in [3.8, 4) is 0 Å². The lowest BCUT2D eigenvalue weighted by atomic mass is 10.1. The molecule has 14 heteroatoms. The third-order valence-electron chi connectivity index (χ3n) is 4.90. The van der Waals surface area contributed by atoms with Gasteiger partial charge in [-0.2, -0.15) is 4.57 Å². The Labute approximate surface area is 189 Å². The number of aromatic nitrogens is 4. The Morgan fingerprint density at radius 2 is 2.18 bits per heavy atom. The van der Waals surface area contributed by atoms with Crippen LogP contribution in [-0.4, -0.2) is 67.5 Å². The first-order chi connectivity index (χ1) is 15.7. The summed E-state index contributed by atoms with van der Waals surface area (Å²) in [6, 6.07) is 3.01. The first-order valence-corrected chi connectivity index (χ1v) is 11.6. The normalized spacial score (nSPS) is 24.5. The van der Waals surface area contributed by atoms with Crippen LogP contribution < -0.4 is 10.3 Å². The van der Waals surface area contributed by atoms with Crippen molar-refractivity contribution in [3.05, 3.63) is 54.6 Å². The highest BCUT2D eigenvalue weighted by Gasteiger charge is 2.49. The van der Waals surface area contributed by atoms with Crippen LogP contribution in [0.4, 0.5) is 0 Å². The smallest absolute Gasteiger partial charge is 0.387 e. The molecule has 13 nitrogen and oxygen atoms in total. The van der Waals surface area contributed by atoms with Crippen LogP contribution in [-0.2, 0) is 31.3 Å². The number of aryl methyl sites for hydroxylation is 1. The number of primary amides is 1. The summed E-state index contributed by atoms with van der Waals surface area (Å²) in [5.74, 6) is -0.671. The fourth-order valence-corrected chi connectivity index (χ4v) is 3.90. The second-order valence-corrected chi connectivity index (χ2v) is 8.80. The number of nitrogens with two attached hydrogens (primary N) is 1. The summed E-state index contributed by atoms with van der Waals surface area (Å²) in [5.41, 5.74) is 6.01. The molecule has 3 heterocycles. The molecule has 1 amide bonds. The molecule has 5 atom stereocenters. The number of aliphatic hydroxyl groups excluding tert-OH is 2. The minimum atomic E-state index is -4.46. The first kappa shape index (κ1) is 25.1. The van der Waals surface area contributed by atoms with E-state index in [1.165, 1.54) is 29.1 Å². The molecule has 1 fully saturated rings. The molecular formula is C19H27N5O8P+. The van der Waals surface area contributed by atoms with Gasteiger partial charge in [0, 0.05) is 25.2 Å². The van der Waals surface area contributed by atoms with Gasteiger partial charge in [0.25, 0.3) is 12.1 Å². The number of carbonyl (C=O) groups is 1. The van der Waals surface area contributed by atoms with Crippen molar-refractivity contribution >= 4 is 13.7 Å². The molecule has 3 rings (SSSR count). The highest BCUT2D eigenvalue weighted by molar-refractivity contribution is 7.47. The molecule has 2 aromatic rings.